The van der Waals surface area contributed by atoms with Gasteiger partial charge >= 0.3 is 0 Å². The van der Waals surface area contributed by atoms with E-state index in [9.17, 15) is 0 Å². The van der Waals surface area contributed by atoms with Crippen LogP contribution >= 0.6 is 12.2 Å². The lowest BCUT2D eigenvalue weighted by Gasteiger charge is -2.14. The molecule has 12 heavy (non-hydrogen) atoms. The van der Waals surface area contributed by atoms with Crippen LogP contribution < -0.4 is 5.32 Å². The molecule has 60 valence electrons. The molecule has 2 nitrogen and oxygen atoms in total. The summed E-state index contributed by atoms with van der Waals surface area (Å²) in [6, 6.07) is 8.10. The van der Waals surface area contributed by atoms with E-state index in [0.717, 1.165) is 18.1 Å². The van der Waals surface area contributed by atoms with Crippen molar-refractivity contribution in [2.45, 2.75) is 6.54 Å². The van der Waals surface area contributed by atoms with Gasteiger partial charge in [-0.2, -0.15) is 0 Å². The Hall–Kier alpha value is -1.22. The van der Waals surface area contributed by atoms with Crippen LogP contribution in [0.15, 0.2) is 29.3 Å². The first kappa shape index (κ1) is 7.43. The molecule has 1 aliphatic heterocycles. The van der Waals surface area contributed by atoms with Gasteiger partial charge < -0.3 is 5.32 Å². The van der Waals surface area contributed by atoms with Gasteiger partial charge in [-0.05, 0) is 11.6 Å². The predicted octanol–water partition coefficient (Wildman–Crippen LogP) is 2.01. The lowest BCUT2D eigenvalue weighted by molar-refractivity contribution is 1.06. The molecule has 0 aliphatic carbocycles. The van der Waals surface area contributed by atoms with Crippen molar-refractivity contribution < 1.29 is 0 Å². The van der Waals surface area contributed by atoms with E-state index in [-0.39, 0.29) is 0 Å². The van der Waals surface area contributed by atoms with Crippen molar-refractivity contribution in [2.24, 2.45) is 4.99 Å². The third kappa shape index (κ3) is 1.23. The molecule has 3 heteroatoms. The molecule has 1 aromatic rings. The van der Waals surface area contributed by atoms with Crippen LogP contribution in [0.4, 0.5) is 5.69 Å². The highest BCUT2D eigenvalue weighted by Crippen LogP contribution is 2.18. The van der Waals surface area contributed by atoms with Crippen molar-refractivity contribution in [1.29, 1.82) is 0 Å². The molecule has 1 N–H and O–H groups in total. The smallest absolute Gasteiger partial charge is 0.136 e. The van der Waals surface area contributed by atoms with Gasteiger partial charge in [-0.15, -0.1) is 0 Å². The highest BCUT2D eigenvalue weighted by atomic mass is 32.1. The highest BCUT2D eigenvalue weighted by molar-refractivity contribution is 7.80. The fraction of sp³-hybridized carbons (Fsp3) is 0.111. The number of benzene rings is 1. The summed E-state index contributed by atoms with van der Waals surface area (Å²) in [4.78, 5) is 4.24. The van der Waals surface area contributed by atoms with E-state index < -0.39 is 0 Å². The molecular formula is C9H8N2S. The molecule has 0 aromatic heterocycles. The zero-order chi connectivity index (χ0) is 8.39. The minimum Gasteiger partial charge on any atom is -0.340 e. The fourth-order valence-corrected chi connectivity index (χ4v) is 1.33. The van der Waals surface area contributed by atoms with Gasteiger partial charge in [0.2, 0.25) is 0 Å². The maximum absolute atomic E-state index is 4.78. The molecule has 0 fully saturated rings. The van der Waals surface area contributed by atoms with Crippen LogP contribution in [0.2, 0.25) is 0 Å². The zero-order valence-electron chi connectivity index (χ0n) is 6.45. The molecule has 0 spiro atoms. The van der Waals surface area contributed by atoms with Crippen molar-refractivity contribution >= 4 is 29.1 Å². The number of nitrogens with zero attached hydrogens (tertiary/aromatic N) is 1. The Kier molecular flexibility index (Phi) is 1.87. The third-order valence-electron chi connectivity index (χ3n) is 1.81. The zero-order valence-corrected chi connectivity index (χ0v) is 7.27. The van der Waals surface area contributed by atoms with E-state index in [0.29, 0.717) is 0 Å². The summed E-state index contributed by atoms with van der Waals surface area (Å²) in [5.41, 5.74) is 2.33. The minimum absolute atomic E-state index is 0.728. The van der Waals surface area contributed by atoms with Gasteiger partial charge in [-0.1, -0.05) is 30.4 Å². The van der Waals surface area contributed by atoms with Crippen LogP contribution in [-0.2, 0) is 6.54 Å². The fourth-order valence-electron chi connectivity index (χ4n) is 1.19. The van der Waals surface area contributed by atoms with Gasteiger partial charge in [-0.3, -0.25) is 4.99 Å². The van der Waals surface area contributed by atoms with E-state index in [4.69, 9.17) is 12.2 Å². The van der Waals surface area contributed by atoms with Gasteiger partial charge in [0.25, 0.3) is 0 Å². The van der Waals surface area contributed by atoms with Crippen LogP contribution in [0, 0.1) is 0 Å². The van der Waals surface area contributed by atoms with Gasteiger partial charge in [0.1, 0.15) is 5.84 Å². The Labute approximate surface area is 76.3 Å². The van der Waals surface area contributed by atoms with Gasteiger partial charge in [0.15, 0.2) is 0 Å². The summed E-state index contributed by atoms with van der Waals surface area (Å²) in [7, 11) is 0. The number of rotatable bonds is 1. The van der Waals surface area contributed by atoms with Gasteiger partial charge in [0, 0.05) is 11.1 Å². The van der Waals surface area contributed by atoms with Crippen LogP contribution in [0.1, 0.15) is 5.56 Å². The first-order valence-corrected chi connectivity index (χ1v) is 4.22. The summed E-state index contributed by atoms with van der Waals surface area (Å²) in [5, 5.41) is 4.70. The number of nitrogens with one attached hydrogen (secondary N) is 1. The second kappa shape index (κ2) is 3.03. The van der Waals surface area contributed by atoms with E-state index >= 15 is 0 Å². The van der Waals surface area contributed by atoms with Crippen LogP contribution in [0.5, 0.6) is 0 Å². The van der Waals surface area contributed by atoms with Crippen molar-refractivity contribution in [3.63, 3.8) is 0 Å². The van der Waals surface area contributed by atoms with Crippen LogP contribution in [0.25, 0.3) is 0 Å². The quantitative estimate of drug-likeness (QED) is 0.662. The molecule has 0 unspecified atom stereocenters. The van der Waals surface area contributed by atoms with Crippen LogP contribution in [-0.4, -0.2) is 11.2 Å². The molecule has 0 saturated carbocycles. The normalized spacial score (nSPS) is 14.2. The molecule has 0 bridgehead atoms. The first-order chi connectivity index (χ1) is 5.90. The SMILES string of the molecule is S=CC1=NCc2ccccc2N1. The molecule has 1 aliphatic rings. The standard InChI is InChI=1S/C9H8N2S/c12-6-9-10-5-7-3-1-2-4-8(7)11-9/h1-4,6H,5H2,(H,10,11). The Bertz CT molecular complexity index is 344. The molecule has 2 rings (SSSR count). The van der Waals surface area contributed by atoms with E-state index in [1.165, 1.54) is 5.56 Å². The van der Waals surface area contributed by atoms with Gasteiger partial charge in [-0.25, -0.2) is 0 Å². The van der Waals surface area contributed by atoms with E-state index in [2.05, 4.69) is 16.4 Å². The Morgan fingerprint density at radius 3 is 3.08 bits per heavy atom. The van der Waals surface area contributed by atoms with Crippen LogP contribution in [0.3, 0.4) is 0 Å². The Morgan fingerprint density at radius 2 is 2.25 bits per heavy atom. The lowest BCUT2D eigenvalue weighted by atomic mass is 10.1. The molecule has 0 amide bonds. The number of anilines is 1. The topological polar surface area (TPSA) is 24.4 Å². The van der Waals surface area contributed by atoms with Crippen molar-refractivity contribution in [2.75, 3.05) is 5.32 Å². The average molecular weight is 176 g/mol. The second-order valence-corrected chi connectivity index (χ2v) is 2.84. The summed E-state index contributed by atoms with van der Waals surface area (Å²) in [6.07, 6.45) is 0. The molecular weight excluding hydrogens is 168 g/mol. The number of aliphatic imine (C=N–C) groups is 1. The first-order valence-electron chi connectivity index (χ1n) is 3.75. The molecule has 0 radical (unpaired) electrons. The molecule has 1 aromatic carbocycles. The highest BCUT2D eigenvalue weighted by Gasteiger charge is 2.07. The number of thiocarbonyl (C=S) groups is 1. The predicted molar refractivity (Wildman–Crippen MR) is 54.9 cm³/mol. The number of amidine groups is 1. The summed E-state index contributed by atoms with van der Waals surface area (Å²) in [6.45, 7) is 0.728. The van der Waals surface area contributed by atoms with Crippen molar-refractivity contribution in [3.05, 3.63) is 29.8 Å². The Balaban J connectivity index is 2.36. The third-order valence-corrected chi connectivity index (χ3v) is 2.03. The largest absolute Gasteiger partial charge is 0.340 e. The molecule has 0 atom stereocenters. The lowest BCUT2D eigenvalue weighted by Crippen LogP contribution is -2.17. The van der Waals surface area contributed by atoms with Crippen molar-refractivity contribution in [3.8, 4) is 0 Å². The second-order valence-electron chi connectivity index (χ2n) is 2.60. The molecule has 1 heterocycles. The van der Waals surface area contributed by atoms with E-state index in [1.54, 1.807) is 5.37 Å². The van der Waals surface area contributed by atoms with Crippen molar-refractivity contribution in [1.82, 2.24) is 0 Å². The number of hydrogen-bond acceptors (Lipinski definition) is 3. The summed E-state index contributed by atoms with van der Waals surface area (Å²) >= 11 is 4.78. The van der Waals surface area contributed by atoms with Gasteiger partial charge in [0.05, 0.1) is 6.54 Å². The average Bonchev–Trinajstić information content (AvgIpc) is 2.17. The maximum atomic E-state index is 4.78. The monoisotopic (exact) mass is 176 g/mol. The molecule has 0 saturated heterocycles. The number of para-hydroxylation sites is 1. The summed E-state index contributed by atoms with van der Waals surface area (Å²) < 4.78 is 0. The summed E-state index contributed by atoms with van der Waals surface area (Å²) in [5.74, 6) is 0.781. The number of fused-ring (bicyclic) bond motifs is 1. The van der Waals surface area contributed by atoms with E-state index in [1.807, 2.05) is 18.2 Å². The number of hydrogen-bond donors (Lipinski definition) is 1. The maximum Gasteiger partial charge on any atom is 0.136 e. The Morgan fingerprint density at radius 1 is 1.42 bits per heavy atom. The minimum atomic E-state index is 0.728.